The van der Waals surface area contributed by atoms with Gasteiger partial charge in [-0.2, -0.15) is 5.10 Å². The molecule has 1 aliphatic heterocycles. The highest BCUT2D eigenvalue weighted by molar-refractivity contribution is 6.05. The Morgan fingerprint density at radius 1 is 1.04 bits per heavy atom. The molecule has 4 rings (SSSR count). The number of ether oxygens (including phenoxy) is 2. The van der Waals surface area contributed by atoms with E-state index in [2.05, 4.69) is 5.10 Å². The van der Waals surface area contributed by atoms with Crippen LogP contribution in [0.2, 0.25) is 0 Å². The lowest BCUT2D eigenvalue weighted by Crippen LogP contribution is -2.26. The van der Waals surface area contributed by atoms with E-state index in [1.807, 2.05) is 36.4 Å². The monoisotopic (exact) mass is 376 g/mol. The van der Waals surface area contributed by atoms with Crippen LogP contribution < -0.4 is 9.47 Å². The molecule has 3 aromatic rings. The van der Waals surface area contributed by atoms with Gasteiger partial charge in [-0.25, -0.2) is 5.01 Å². The Hall–Kier alpha value is -3.54. The van der Waals surface area contributed by atoms with Gasteiger partial charge in [0.1, 0.15) is 23.3 Å². The third-order valence-electron chi connectivity index (χ3n) is 4.73. The van der Waals surface area contributed by atoms with Crippen LogP contribution in [0.15, 0.2) is 76.4 Å². The molecule has 0 saturated heterocycles. The normalized spacial score (nSPS) is 16.0. The number of amides is 1. The van der Waals surface area contributed by atoms with Gasteiger partial charge in [-0.15, -0.1) is 0 Å². The minimum atomic E-state index is -0.300. The number of rotatable bonds is 5. The fourth-order valence-electron chi connectivity index (χ4n) is 3.25. The van der Waals surface area contributed by atoms with Gasteiger partial charge in [0, 0.05) is 12.0 Å². The van der Waals surface area contributed by atoms with E-state index in [-0.39, 0.29) is 11.9 Å². The van der Waals surface area contributed by atoms with Crippen molar-refractivity contribution in [3.05, 3.63) is 83.8 Å². The number of carbonyl (C=O) groups is 1. The van der Waals surface area contributed by atoms with E-state index in [1.165, 1.54) is 5.01 Å². The summed E-state index contributed by atoms with van der Waals surface area (Å²) in [6.07, 6.45) is 2.17. The Bertz CT molecular complexity index is 994. The van der Waals surface area contributed by atoms with Gasteiger partial charge in [0.15, 0.2) is 0 Å². The third kappa shape index (κ3) is 3.36. The molecule has 0 N–H and O–H groups in total. The molecular weight excluding hydrogens is 356 g/mol. The maximum Gasteiger partial charge on any atom is 0.274 e. The van der Waals surface area contributed by atoms with Crippen LogP contribution in [-0.4, -0.2) is 30.8 Å². The topological polar surface area (TPSA) is 64.3 Å². The highest BCUT2D eigenvalue weighted by Gasteiger charge is 2.35. The first-order valence-electron chi connectivity index (χ1n) is 8.92. The molecule has 0 saturated carbocycles. The number of hydrazone groups is 1. The summed E-state index contributed by atoms with van der Waals surface area (Å²) in [6.45, 7) is 0. The van der Waals surface area contributed by atoms with Crippen molar-refractivity contribution in [1.82, 2.24) is 5.01 Å². The average molecular weight is 376 g/mol. The first kappa shape index (κ1) is 17.9. The second kappa shape index (κ2) is 7.60. The van der Waals surface area contributed by atoms with Crippen LogP contribution in [-0.2, 0) is 0 Å². The van der Waals surface area contributed by atoms with Gasteiger partial charge >= 0.3 is 0 Å². The van der Waals surface area contributed by atoms with Gasteiger partial charge in [-0.1, -0.05) is 6.07 Å². The Labute approximate surface area is 163 Å². The van der Waals surface area contributed by atoms with Gasteiger partial charge in [-0.3, -0.25) is 4.79 Å². The summed E-state index contributed by atoms with van der Waals surface area (Å²) in [4.78, 5) is 13.2. The third-order valence-corrected chi connectivity index (χ3v) is 4.73. The van der Waals surface area contributed by atoms with Gasteiger partial charge in [-0.05, 0) is 60.2 Å². The molecule has 6 heteroatoms. The predicted molar refractivity (Wildman–Crippen MR) is 105 cm³/mol. The zero-order chi connectivity index (χ0) is 19.5. The second-order valence-corrected chi connectivity index (χ2v) is 6.39. The fraction of sp³-hybridized carbons (Fsp3) is 0.182. The van der Waals surface area contributed by atoms with Crippen LogP contribution in [0.4, 0.5) is 0 Å². The van der Waals surface area contributed by atoms with Crippen molar-refractivity contribution < 1.29 is 18.7 Å². The van der Waals surface area contributed by atoms with E-state index in [1.54, 1.807) is 44.7 Å². The van der Waals surface area contributed by atoms with Crippen LogP contribution in [0.25, 0.3) is 0 Å². The maximum absolute atomic E-state index is 13.2. The molecule has 2 heterocycles. The molecule has 142 valence electrons. The largest absolute Gasteiger partial charge is 0.497 e. The summed E-state index contributed by atoms with van der Waals surface area (Å²) >= 11 is 0. The van der Waals surface area contributed by atoms with E-state index in [0.29, 0.717) is 23.5 Å². The lowest BCUT2D eigenvalue weighted by Gasteiger charge is -2.20. The number of benzene rings is 2. The van der Waals surface area contributed by atoms with E-state index in [4.69, 9.17) is 13.9 Å². The summed E-state index contributed by atoms with van der Waals surface area (Å²) in [7, 11) is 3.20. The predicted octanol–water partition coefficient (Wildman–Crippen LogP) is 4.29. The average Bonchev–Trinajstić information content (AvgIpc) is 3.43. The van der Waals surface area contributed by atoms with E-state index in [9.17, 15) is 4.79 Å². The number of nitrogens with zero attached hydrogens (tertiary/aromatic N) is 2. The van der Waals surface area contributed by atoms with Crippen molar-refractivity contribution in [3.63, 3.8) is 0 Å². The molecule has 1 atom stereocenters. The van der Waals surface area contributed by atoms with Crippen LogP contribution in [0.5, 0.6) is 11.5 Å². The van der Waals surface area contributed by atoms with Crippen molar-refractivity contribution in [1.29, 1.82) is 0 Å². The maximum atomic E-state index is 13.2. The summed E-state index contributed by atoms with van der Waals surface area (Å²) in [6, 6.07) is 18.1. The molecule has 2 aromatic carbocycles. The number of hydrogen-bond donors (Lipinski definition) is 0. The zero-order valence-corrected chi connectivity index (χ0v) is 15.7. The first-order chi connectivity index (χ1) is 13.7. The Balaban J connectivity index is 1.69. The van der Waals surface area contributed by atoms with Gasteiger partial charge in [0.05, 0.1) is 26.2 Å². The summed E-state index contributed by atoms with van der Waals surface area (Å²) in [5.41, 5.74) is 2.27. The van der Waals surface area contributed by atoms with Gasteiger partial charge in [0.2, 0.25) is 0 Å². The number of methoxy groups -OCH3 is 2. The number of carbonyl (C=O) groups excluding carboxylic acids is 1. The molecule has 0 bridgehead atoms. The Kier molecular flexibility index (Phi) is 4.85. The molecule has 0 unspecified atom stereocenters. The van der Waals surface area contributed by atoms with Crippen molar-refractivity contribution in [2.24, 2.45) is 5.10 Å². The lowest BCUT2D eigenvalue weighted by molar-refractivity contribution is 0.0692. The molecule has 0 radical (unpaired) electrons. The minimum Gasteiger partial charge on any atom is -0.497 e. The van der Waals surface area contributed by atoms with Gasteiger partial charge in [0.25, 0.3) is 5.91 Å². The zero-order valence-electron chi connectivity index (χ0n) is 15.7. The molecule has 0 fully saturated rings. The second-order valence-electron chi connectivity index (χ2n) is 6.39. The van der Waals surface area contributed by atoms with Crippen molar-refractivity contribution in [2.45, 2.75) is 12.5 Å². The fourth-order valence-corrected chi connectivity index (χ4v) is 3.25. The van der Waals surface area contributed by atoms with Crippen LogP contribution in [0, 0.1) is 0 Å². The summed E-state index contributed by atoms with van der Waals surface area (Å²) in [5, 5.41) is 6.14. The molecular formula is C22H20N2O4. The van der Waals surface area contributed by atoms with Crippen molar-refractivity contribution >= 4 is 11.6 Å². The van der Waals surface area contributed by atoms with Crippen molar-refractivity contribution in [3.8, 4) is 11.5 Å². The summed E-state index contributed by atoms with van der Waals surface area (Å²) in [5.74, 6) is 1.89. The minimum absolute atomic E-state index is 0.205. The van der Waals surface area contributed by atoms with E-state index < -0.39 is 0 Å². The standard InChI is InChI=1S/C22H20N2O4/c1-26-17-10-8-15(9-11-17)19-14-20(21-7-4-12-28-21)24(23-19)22(25)16-5-3-6-18(13-16)27-2/h3-13,20H,14H2,1-2H3/t20-/m1/s1. The SMILES string of the molecule is COc1ccc(C2=NN(C(=O)c3cccc(OC)c3)[C@@H](c3ccco3)C2)cc1. The molecule has 1 amide bonds. The van der Waals surface area contributed by atoms with Crippen LogP contribution in [0.1, 0.15) is 34.1 Å². The summed E-state index contributed by atoms with van der Waals surface area (Å²) < 4.78 is 16.0. The highest BCUT2D eigenvalue weighted by Crippen LogP contribution is 2.34. The number of hydrogen-bond acceptors (Lipinski definition) is 5. The van der Waals surface area contributed by atoms with E-state index in [0.717, 1.165) is 17.0 Å². The molecule has 6 nitrogen and oxygen atoms in total. The van der Waals surface area contributed by atoms with Gasteiger partial charge < -0.3 is 13.9 Å². The Morgan fingerprint density at radius 2 is 1.82 bits per heavy atom. The number of furan rings is 1. The molecule has 0 aliphatic carbocycles. The van der Waals surface area contributed by atoms with Crippen LogP contribution >= 0.6 is 0 Å². The highest BCUT2D eigenvalue weighted by atomic mass is 16.5. The smallest absolute Gasteiger partial charge is 0.274 e. The quantitative estimate of drug-likeness (QED) is 0.666. The Morgan fingerprint density at radius 3 is 2.50 bits per heavy atom. The lowest BCUT2D eigenvalue weighted by atomic mass is 10.0. The van der Waals surface area contributed by atoms with Crippen LogP contribution in [0.3, 0.4) is 0 Å². The van der Waals surface area contributed by atoms with Crippen molar-refractivity contribution in [2.75, 3.05) is 14.2 Å². The molecule has 28 heavy (non-hydrogen) atoms. The molecule has 1 aromatic heterocycles. The molecule has 0 spiro atoms. The van der Waals surface area contributed by atoms with E-state index >= 15 is 0 Å². The first-order valence-corrected chi connectivity index (χ1v) is 8.92. The molecule has 1 aliphatic rings.